The molecule has 2 aliphatic heterocycles. The van der Waals surface area contributed by atoms with E-state index in [9.17, 15) is 0 Å². The van der Waals surface area contributed by atoms with Gasteiger partial charge in [-0.3, -0.25) is 14.9 Å². The molecule has 0 radical (unpaired) electrons. The van der Waals surface area contributed by atoms with Gasteiger partial charge in [-0.2, -0.15) is 0 Å². The molecule has 4 nitrogen and oxygen atoms in total. The molecule has 0 saturated heterocycles. The molecule has 4 rings (SSSR count). The third-order valence-corrected chi connectivity index (χ3v) is 6.50. The summed E-state index contributed by atoms with van der Waals surface area (Å²) in [6, 6.07) is 4.96. The summed E-state index contributed by atoms with van der Waals surface area (Å²) in [6.45, 7) is 15.9. The van der Waals surface area contributed by atoms with Gasteiger partial charge in [0.1, 0.15) is 0 Å². The summed E-state index contributed by atoms with van der Waals surface area (Å²) in [4.78, 5) is 11.0. The Labute approximate surface area is 191 Å². The number of pyridine rings is 2. The van der Waals surface area contributed by atoms with E-state index in [1.165, 1.54) is 28.8 Å². The molecule has 4 heteroatoms. The van der Waals surface area contributed by atoms with Crippen molar-refractivity contribution >= 4 is 0 Å². The molecule has 174 valence electrons. The van der Waals surface area contributed by atoms with Crippen LogP contribution >= 0.6 is 0 Å². The fraction of sp³-hybridized carbons (Fsp3) is 0.630. The van der Waals surface area contributed by atoms with Crippen molar-refractivity contribution in [2.45, 2.75) is 80.8 Å². The van der Waals surface area contributed by atoms with E-state index < -0.39 is 0 Å². The number of nitrogens with zero attached hydrogens (tertiary/aromatic N) is 3. The Morgan fingerprint density at radius 2 is 1.65 bits per heavy atom. The number of aromatic nitrogens is 2. The highest BCUT2D eigenvalue weighted by molar-refractivity contribution is 5.30. The number of nitrogens with one attached hydrogen (secondary N) is 1. The summed E-state index contributed by atoms with van der Waals surface area (Å²) in [5, 5.41) is 3.60. The summed E-state index contributed by atoms with van der Waals surface area (Å²) < 4.78 is 0. The van der Waals surface area contributed by atoms with Gasteiger partial charge in [-0.25, -0.2) is 0 Å². The average molecular weight is 427 g/mol. The fourth-order valence-electron chi connectivity index (χ4n) is 4.46. The van der Waals surface area contributed by atoms with Crippen LogP contribution < -0.4 is 5.32 Å². The maximum absolute atomic E-state index is 4.26. The molecule has 0 aromatic carbocycles. The molecule has 0 fully saturated rings. The Hall–Kier alpha value is -1.78. The average Bonchev–Trinajstić information content (AvgIpc) is 2.96. The molecule has 2 aliphatic rings. The van der Waals surface area contributed by atoms with E-state index in [0.29, 0.717) is 23.8 Å². The quantitative estimate of drug-likeness (QED) is 0.681. The molecule has 2 unspecified atom stereocenters. The van der Waals surface area contributed by atoms with Crippen LogP contribution in [0.5, 0.6) is 0 Å². The van der Waals surface area contributed by atoms with Crippen molar-refractivity contribution in [2.24, 2.45) is 11.8 Å². The standard InChI is InChI=1S/C13H20N2.C12H18N2.2CH4/c1-4-15-8-11-5-6-14-7-12(11)13(9-15)10(2)3;1-9(2)12-7-10-3-5-13-8-11(10)4-6-14-12;;/h5-7,10,13H,4,8-9H2,1-3H3;3,5,8-9,12,14H,4,6-7H2,1-2H3;2*1H4. The van der Waals surface area contributed by atoms with Gasteiger partial charge in [0.2, 0.25) is 0 Å². The molecule has 4 heterocycles. The molecule has 0 saturated carbocycles. The second-order valence-corrected chi connectivity index (χ2v) is 9.16. The van der Waals surface area contributed by atoms with Crippen LogP contribution in [0.3, 0.4) is 0 Å². The minimum absolute atomic E-state index is 0. The monoisotopic (exact) mass is 426 g/mol. The summed E-state index contributed by atoms with van der Waals surface area (Å²) in [7, 11) is 0. The highest BCUT2D eigenvalue weighted by Crippen LogP contribution is 2.32. The molecule has 0 spiro atoms. The smallest absolute Gasteiger partial charge is 0.0306 e. The molecule has 0 bridgehead atoms. The largest absolute Gasteiger partial charge is 0.313 e. The second-order valence-electron chi connectivity index (χ2n) is 9.16. The SMILES string of the molecule is C.C.CC(C)C1Cc2ccncc2CCN1.CCN1Cc2ccncc2C(C(C)C)C1. The summed E-state index contributed by atoms with van der Waals surface area (Å²) in [5.74, 6) is 2.05. The summed E-state index contributed by atoms with van der Waals surface area (Å²) in [6.07, 6.45) is 10.2. The number of rotatable bonds is 3. The van der Waals surface area contributed by atoms with E-state index in [1.807, 2.05) is 18.6 Å². The molecule has 0 amide bonds. The number of likely N-dealkylation sites (N-methyl/N-ethyl adjacent to an activating group) is 1. The lowest BCUT2D eigenvalue weighted by Gasteiger charge is -2.35. The van der Waals surface area contributed by atoms with E-state index in [1.54, 1.807) is 0 Å². The van der Waals surface area contributed by atoms with Gasteiger partial charge in [0.05, 0.1) is 0 Å². The Morgan fingerprint density at radius 3 is 2.29 bits per heavy atom. The molecule has 31 heavy (non-hydrogen) atoms. The van der Waals surface area contributed by atoms with E-state index in [0.717, 1.165) is 32.5 Å². The first-order chi connectivity index (χ1) is 14.0. The minimum atomic E-state index is 0. The van der Waals surface area contributed by atoms with Crippen molar-refractivity contribution in [3.63, 3.8) is 0 Å². The van der Waals surface area contributed by atoms with Crippen molar-refractivity contribution in [1.29, 1.82) is 0 Å². The van der Waals surface area contributed by atoms with Crippen molar-refractivity contribution in [1.82, 2.24) is 20.2 Å². The first kappa shape index (κ1) is 27.3. The third-order valence-electron chi connectivity index (χ3n) is 6.50. The van der Waals surface area contributed by atoms with Gasteiger partial charge < -0.3 is 5.32 Å². The zero-order valence-electron chi connectivity index (χ0n) is 18.9. The summed E-state index contributed by atoms with van der Waals surface area (Å²) >= 11 is 0. The predicted octanol–water partition coefficient (Wildman–Crippen LogP) is 5.72. The number of hydrogen-bond acceptors (Lipinski definition) is 4. The van der Waals surface area contributed by atoms with Gasteiger partial charge in [-0.15, -0.1) is 0 Å². The van der Waals surface area contributed by atoms with Crippen molar-refractivity contribution < 1.29 is 0 Å². The van der Waals surface area contributed by atoms with Gasteiger partial charge in [0.25, 0.3) is 0 Å². The predicted molar refractivity (Wildman–Crippen MR) is 135 cm³/mol. The van der Waals surface area contributed by atoms with Crippen LogP contribution in [0, 0.1) is 11.8 Å². The van der Waals surface area contributed by atoms with Crippen LogP contribution in [-0.2, 0) is 19.4 Å². The fourth-order valence-corrected chi connectivity index (χ4v) is 4.46. The third kappa shape index (κ3) is 7.11. The topological polar surface area (TPSA) is 41.1 Å². The van der Waals surface area contributed by atoms with Gasteiger partial charge in [0, 0.05) is 49.8 Å². The molecular formula is C27H46N4. The zero-order valence-corrected chi connectivity index (χ0v) is 18.9. The molecule has 1 N–H and O–H groups in total. The molecule has 2 atom stereocenters. The first-order valence-corrected chi connectivity index (χ1v) is 11.3. The molecule has 2 aromatic heterocycles. The van der Waals surface area contributed by atoms with Gasteiger partial charge >= 0.3 is 0 Å². The number of fused-ring (bicyclic) bond motifs is 2. The van der Waals surface area contributed by atoms with Crippen LogP contribution in [0.1, 0.15) is 77.6 Å². The van der Waals surface area contributed by atoms with E-state index >= 15 is 0 Å². The lowest BCUT2D eigenvalue weighted by Crippen LogP contribution is -2.35. The maximum Gasteiger partial charge on any atom is 0.0306 e. The van der Waals surface area contributed by atoms with Crippen LogP contribution in [-0.4, -0.2) is 40.5 Å². The van der Waals surface area contributed by atoms with Crippen molar-refractivity contribution in [2.75, 3.05) is 19.6 Å². The van der Waals surface area contributed by atoms with E-state index in [-0.39, 0.29) is 14.9 Å². The van der Waals surface area contributed by atoms with Gasteiger partial charge in [-0.05, 0) is 72.2 Å². The Balaban J connectivity index is 0.000000292. The molecule has 2 aromatic rings. The van der Waals surface area contributed by atoms with Crippen LogP contribution in [0.2, 0.25) is 0 Å². The van der Waals surface area contributed by atoms with Crippen LogP contribution in [0.25, 0.3) is 0 Å². The van der Waals surface area contributed by atoms with E-state index in [2.05, 4.69) is 73.1 Å². The second kappa shape index (κ2) is 12.9. The van der Waals surface area contributed by atoms with Crippen LogP contribution in [0.4, 0.5) is 0 Å². The van der Waals surface area contributed by atoms with Gasteiger partial charge in [0.15, 0.2) is 0 Å². The molecular weight excluding hydrogens is 380 g/mol. The molecule has 0 aliphatic carbocycles. The minimum Gasteiger partial charge on any atom is -0.313 e. The summed E-state index contributed by atoms with van der Waals surface area (Å²) in [5.41, 5.74) is 5.83. The number of hydrogen-bond donors (Lipinski definition) is 1. The zero-order chi connectivity index (χ0) is 20.8. The highest BCUT2D eigenvalue weighted by Gasteiger charge is 2.26. The van der Waals surface area contributed by atoms with E-state index in [4.69, 9.17) is 0 Å². The Kier molecular flexibility index (Phi) is 11.4. The van der Waals surface area contributed by atoms with Crippen molar-refractivity contribution in [3.05, 3.63) is 59.2 Å². The normalized spacial score (nSPS) is 20.4. The lowest BCUT2D eigenvalue weighted by atomic mass is 9.83. The highest BCUT2D eigenvalue weighted by atomic mass is 15.1. The van der Waals surface area contributed by atoms with Gasteiger partial charge in [-0.1, -0.05) is 49.5 Å². The van der Waals surface area contributed by atoms with Crippen molar-refractivity contribution in [3.8, 4) is 0 Å². The van der Waals surface area contributed by atoms with Crippen LogP contribution in [0.15, 0.2) is 36.9 Å². The maximum atomic E-state index is 4.26. The Morgan fingerprint density at radius 1 is 0.968 bits per heavy atom. The Bertz CT molecular complexity index is 771. The lowest BCUT2D eigenvalue weighted by molar-refractivity contribution is 0.219. The first-order valence-electron chi connectivity index (χ1n) is 11.3.